The zero-order chi connectivity index (χ0) is 11.0. The second kappa shape index (κ2) is 3.25. The second-order valence-corrected chi connectivity index (χ2v) is 2.82. The van der Waals surface area contributed by atoms with Crippen LogP contribution in [0.3, 0.4) is 0 Å². The van der Waals surface area contributed by atoms with Gasteiger partial charge in [-0.1, -0.05) is 24.3 Å². The average Bonchev–Trinajstić information content (AvgIpc) is 2.01. The molecule has 0 bridgehead atoms. The van der Waals surface area contributed by atoms with Crippen LogP contribution in [-0.4, -0.2) is 14.0 Å². The van der Waals surface area contributed by atoms with E-state index in [0.717, 1.165) is 0 Å². The first-order chi connectivity index (χ1) is 6.21. The third-order valence-corrected chi connectivity index (χ3v) is 1.69. The highest BCUT2D eigenvalue weighted by Gasteiger charge is 2.28. The van der Waals surface area contributed by atoms with Crippen molar-refractivity contribution in [1.29, 1.82) is 0 Å². The van der Waals surface area contributed by atoms with Crippen molar-refractivity contribution in [2.75, 3.05) is 0 Å². The summed E-state index contributed by atoms with van der Waals surface area (Å²) in [6.45, 7) is -10.4. The minimum Gasteiger partial charge on any atom is -0.445 e. The molecule has 0 unspecified atom stereocenters. The summed E-state index contributed by atoms with van der Waals surface area (Å²) in [6, 6.07) is 1.80. The average molecular weight is 212 g/mol. The van der Waals surface area contributed by atoms with Gasteiger partial charge >= 0.3 is 14.0 Å². The monoisotopic (exact) mass is 212 g/mol. The molecule has 14 heavy (non-hydrogen) atoms. The lowest BCUT2D eigenvalue weighted by Gasteiger charge is -2.18. The van der Waals surface area contributed by atoms with Gasteiger partial charge < -0.3 is 25.9 Å². The fraction of sp³-hybridized carbons (Fsp3) is 0. The maximum Gasteiger partial charge on any atom is 0.509 e. The maximum atomic E-state index is 12.0. The second-order valence-electron chi connectivity index (χ2n) is 2.82. The molecule has 1 rings (SSSR count). The Balaban J connectivity index is 3.02. The first-order valence-corrected chi connectivity index (χ1v) is 3.71. The first-order valence-electron chi connectivity index (χ1n) is 3.71. The number of halogens is 6. The summed E-state index contributed by atoms with van der Waals surface area (Å²) >= 11 is 0. The quantitative estimate of drug-likeness (QED) is 0.517. The summed E-state index contributed by atoms with van der Waals surface area (Å²) in [5.74, 6) is 0. The standard InChI is InChI=1S/C6H4B2F6/c9-7(10,11)5-1-2-6(4-3-5)8(12,13)14/h1-4H/q-2. The summed E-state index contributed by atoms with van der Waals surface area (Å²) in [6.07, 6.45) is 0. The molecule has 0 saturated carbocycles. The van der Waals surface area contributed by atoms with E-state index < -0.39 is 24.9 Å². The van der Waals surface area contributed by atoms with Crippen LogP contribution in [-0.2, 0) is 0 Å². The predicted molar refractivity (Wildman–Crippen MR) is 43.9 cm³/mol. The van der Waals surface area contributed by atoms with E-state index in [0.29, 0.717) is 24.3 Å². The molecule has 8 heteroatoms. The molecule has 0 aliphatic heterocycles. The van der Waals surface area contributed by atoms with Crippen LogP contribution in [0.5, 0.6) is 0 Å². The minimum atomic E-state index is -5.22. The van der Waals surface area contributed by atoms with Gasteiger partial charge in [0, 0.05) is 0 Å². The summed E-state index contributed by atoms with van der Waals surface area (Å²) in [7, 11) is 0. The van der Waals surface area contributed by atoms with Crippen molar-refractivity contribution in [3.05, 3.63) is 24.3 Å². The summed E-state index contributed by atoms with van der Waals surface area (Å²) in [5.41, 5.74) is -2.04. The largest absolute Gasteiger partial charge is 0.509 e. The van der Waals surface area contributed by atoms with E-state index in [1.807, 2.05) is 0 Å². The maximum absolute atomic E-state index is 12.0. The highest BCUT2D eigenvalue weighted by molar-refractivity contribution is 6.75. The van der Waals surface area contributed by atoms with Crippen LogP contribution < -0.4 is 10.9 Å². The van der Waals surface area contributed by atoms with Crippen molar-refractivity contribution in [2.24, 2.45) is 0 Å². The molecule has 0 fully saturated rings. The lowest BCUT2D eigenvalue weighted by molar-refractivity contribution is 0.497. The van der Waals surface area contributed by atoms with Crippen LogP contribution in [0, 0.1) is 0 Å². The molecule has 0 N–H and O–H groups in total. The van der Waals surface area contributed by atoms with Gasteiger partial charge in [-0.15, -0.1) is 10.9 Å². The van der Waals surface area contributed by atoms with E-state index in [1.54, 1.807) is 0 Å². The van der Waals surface area contributed by atoms with E-state index in [4.69, 9.17) is 0 Å². The molecule has 0 atom stereocenters. The molecule has 0 aliphatic carbocycles. The molecule has 1 aromatic rings. The molecule has 1 aromatic carbocycles. The smallest absolute Gasteiger partial charge is 0.445 e. The third-order valence-electron chi connectivity index (χ3n) is 1.69. The van der Waals surface area contributed by atoms with Crippen LogP contribution >= 0.6 is 0 Å². The van der Waals surface area contributed by atoms with Crippen LogP contribution in [0.2, 0.25) is 0 Å². The number of rotatable bonds is 2. The zero-order valence-electron chi connectivity index (χ0n) is 6.73. The molecule has 0 saturated heterocycles. The number of benzene rings is 1. The van der Waals surface area contributed by atoms with Gasteiger partial charge in [-0.05, 0) is 0 Å². The van der Waals surface area contributed by atoms with Gasteiger partial charge in [0.15, 0.2) is 0 Å². The van der Waals surface area contributed by atoms with Crippen LogP contribution in [0.1, 0.15) is 0 Å². The Hall–Kier alpha value is -1.07. The molecule has 0 amide bonds. The normalized spacial score (nSPS) is 13.0. The SMILES string of the molecule is F[B-](F)(F)c1ccc([B-](F)(F)F)cc1. The van der Waals surface area contributed by atoms with Crippen molar-refractivity contribution in [3.63, 3.8) is 0 Å². The van der Waals surface area contributed by atoms with Gasteiger partial charge in [0.1, 0.15) is 0 Å². The fourth-order valence-corrected chi connectivity index (χ4v) is 0.932. The Kier molecular flexibility index (Phi) is 2.56. The molecule has 0 spiro atoms. The fourth-order valence-electron chi connectivity index (χ4n) is 0.932. The van der Waals surface area contributed by atoms with E-state index in [2.05, 4.69) is 0 Å². The van der Waals surface area contributed by atoms with Crippen molar-refractivity contribution < 1.29 is 25.9 Å². The zero-order valence-corrected chi connectivity index (χ0v) is 6.73. The van der Waals surface area contributed by atoms with Crippen LogP contribution in [0.15, 0.2) is 24.3 Å². The summed E-state index contributed by atoms with van der Waals surface area (Å²) in [5, 5.41) is 0. The van der Waals surface area contributed by atoms with Gasteiger partial charge in [-0.2, -0.15) is 0 Å². The number of hydrogen-bond donors (Lipinski definition) is 0. The highest BCUT2D eigenvalue weighted by atomic mass is 19.4. The first kappa shape index (κ1) is 11.0. The summed E-state index contributed by atoms with van der Waals surface area (Å²) < 4.78 is 72.0. The predicted octanol–water partition coefficient (Wildman–Crippen LogP) is 1.80. The molecule has 0 aromatic heterocycles. The Labute approximate surface area is 76.0 Å². The highest BCUT2D eigenvalue weighted by Crippen LogP contribution is 2.11. The van der Waals surface area contributed by atoms with Gasteiger partial charge in [0.2, 0.25) is 0 Å². The summed E-state index contributed by atoms with van der Waals surface area (Å²) in [4.78, 5) is 0. The van der Waals surface area contributed by atoms with Gasteiger partial charge in [0.25, 0.3) is 0 Å². The molecule has 0 radical (unpaired) electrons. The lowest BCUT2D eigenvalue weighted by Crippen LogP contribution is -2.38. The third kappa shape index (κ3) is 2.46. The minimum absolute atomic E-state index is 0.449. The molecule has 78 valence electrons. The molecular weight excluding hydrogens is 208 g/mol. The topological polar surface area (TPSA) is 0 Å². The van der Waals surface area contributed by atoms with Crippen LogP contribution in [0.4, 0.5) is 25.9 Å². The Morgan fingerprint density at radius 1 is 0.571 bits per heavy atom. The number of hydrogen-bond acceptors (Lipinski definition) is 0. The molecule has 0 aliphatic rings. The van der Waals surface area contributed by atoms with Crippen molar-refractivity contribution in [1.82, 2.24) is 0 Å². The van der Waals surface area contributed by atoms with Gasteiger partial charge in [-0.25, -0.2) is 0 Å². The molecular formula is C6H4B2F6-2. The van der Waals surface area contributed by atoms with Crippen LogP contribution in [0.25, 0.3) is 0 Å². The Morgan fingerprint density at radius 3 is 0.929 bits per heavy atom. The van der Waals surface area contributed by atoms with Crippen molar-refractivity contribution >= 4 is 24.9 Å². The Bertz CT molecular complexity index is 278. The van der Waals surface area contributed by atoms with Crippen molar-refractivity contribution in [2.45, 2.75) is 0 Å². The Morgan fingerprint density at radius 2 is 0.786 bits per heavy atom. The van der Waals surface area contributed by atoms with E-state index >= 15 is 0 Å². The van der Waals surface area contributed by atoms with E-state index in [1.165, 1.54) is 0 Å². The van der Waals surface area contributed by atoms with E-state index in [-0.39, 0.29) is 0 Å². The van der Waals surface area contributed by atoms with Gasteiger partial charge in [0.05, 0.1) is 0 Å². The van der Waals surface area contributed by atoms with Crippen molar-refractivity contribution in [3.8, 4) is 0 Å². The molecule has 0 nitrogen and oxygen atoms in total. The van der Waals surface area contributed by atoms with E-state index in [9.17, 15) is 25.9 Å². The molecule has 0 heterocycles. The lowest BCUT2D eigenvalue weighted by atomic mass is 9.75. The van der Waals surface area contributed by atoms with Gasteiger partial charge in [-0.3, -0.25) is 0 Å².